The summed E-state index contributed by atoms with van der Waals surface area (Å²) in [6.07, 6.45) is 1.52. The van der Waals surface area contributed by atoms with Gasteiger partial charge in [-0.3, -0.25) is 4.79 Å². The van der Waals surface area contributed by atoms with Crippen molar-refractivity contribution in [1.82, 2.24) is 15.0 Å². The fraction of sp³-hybridized carbons (Fsp3) is 0.263. The third kappa shape index (κ3) is 3.23. The van der Waals surface area contributed by atoms with Crippen molar-refractivity contribution in [3.8, 4) is 0 Å². The predicted octanol–water partition coefficient (Wildman–Crippen LogP) is 4.20. The van der Waals surface area contributed by atoms with Gasteiger partial charge in [0.25, 0.3) is 0 Å². The van der Waals surface area contributed by atoms with Crippen LogP contribution in [0.15, 0.2) is 28.9 Å². The predicted molar refractivity (Wildman–Crippen MR) is 107 cm³/mol. The molecule has 8 heteroatoms. The van der Waals surface area contributed by atoms with Gasteiger partial charge in [-0.25, -0.2) is 15.0 Å². The van der Waals surface area contributed by atoms with E-state index in [2.05, 4.69) is 32.5 Å². The summed E-state index contributed by atoms with van der Waals surface area (Å²) in [5.41, 5.74) is 3.22. The number of anilines is 2. The molecule has 4 rings (SSSR count). The summed E-state index contributed by atoms with van der Waals surface area (Å²) in [6.45, 7) is 7.70. The zero-order valence-electron chi connectivity index (χ0n) is 15.5. The average Bonchev–Trinajstić information content (AvgIpc) is 3.14. The lowest BCUT2D eigenvalue weighted by atomic mass is 10.2. The van der Waals surface area contributed by atoms with Crippen molar-refractivity contribution < 1.29 is 9.21 Å². The number of benzene rings is 1. The maximum absolute atomic E-state index is 12.6. The van der Waals surface area contributed by atoms with E-state index in [1.807, 2.05) is 6.92 Å². The highest BCUT2D eigenvalue weighted by Gasteiger charge is 2.18. The maximum atomic E-state index is 12.6. The zero-order chi connectivity index (χ0) is 19.1. The Morgan fingerprint density at radius 1 is 1.22 bits per heavy atom. The number of hydrogen-bond acceptors (Lipinski definition) is 7. The van der Waals surface area contributed by atoms with Crippen molar-refractivity contribution in [2.45, 2.75) is 33.7 Å². The number of nitrogens with one attached hydrogen (secondary N) is 2. The molecule has 2 N–H and O–H groups in total. The van der Waals surface area contributed by atoms with Crippen molar-refractivity contribution in [2.75, 3.05) is 10.6 Å². The van der Waals surface area contributed by atoms with Crippen LogP contribution in [0, 0.1) is 20.8 Å². The van der Waals surface area contributed by atoms with Crippen molar-refractivity contribution in [3.63, 3.8) is 0 Å². The second-order valence-corrected chi connectivity index (χ2v) is 7.66. The normalized spacial score (nSPS) is 12.4. The van der Waals surface area contributed by atoms with E-state index in [9.17, 15) is 4.79 Å². The van der Waals surface area contributed by atoms with E-state index in [0.717, 1.165) is 15.8 Å². The first-order chi connectivity index (χ1) is 12.9. The molecular formula is C19H19N5O2S. The molecule has 0 spiro atoms. The first kappa shape index (κ1) is 17.4. The summed E-state index contributed by atoms with van der Waals surface area (Å²) in [5.74, 6) is 1.11. The van der Waals surface area contributed by atoms with Crippen LogP contribution in [0.1, 0.15) is 23.3 Å². The number of oxazole rings is 1. The lowest BCUT2D eigenvalue weighted by Crippen LogP contribution is -2.32. The number of thiophene rings is 1. The summed E-state index contributed by atoms with van der Waals surface area (Å²) in [4.78, 5) is 27.7. The average molecular weight is 381 g/mol. The summed E-state index contributed by atoms with van der Waals surface area (Å²) in [7, 11) is 0. The summed E-state index contributed by atoms with van der Waals surface area (Å²) in [5, 5.41) is 7.09. The van der Waals surface area contributed by atoms with Crippen molar-refractivity contribution in [3.05, 3.63) is 40.9 Å². The van der Waals surface area contributed by atoms with Crippen LogP contribution in [0.5, 0.6) is 0 Å². The van der Waals surface area contributed by atoms with Crippen molar-refractivity contribution in [2.24, 2.45) is 0 Å². The molecule has 1 atom stereocenters. The molecule has 138 valence electrons. The lowest BCUT2D eigenvalue weighted by Gasteiger charge is -2.15. The Labute approximate surface area is 159 Å². The smallest absolute Gasteiger partial charge is 0.246 e. The van der Waals surface area contributed by atoms with Crippen LogP contribution < -0.4 is 10.6 Å². The highest BCUT2D eigenvalue weighted by Crippen LogP contribution is 2.32. The number of carbonyl (C=O) groups is 1. The molecule has 3 heterocycles. The quantitative estimate of drug-likeness (QED) is 0.550. The molecule has 0 saturated heterocycles. The molecule has 0 saturated carbocycles. The number of nitrogens with zero attached hydrogens (tertiary/aromatic N) is 3. The van der Waals surface area contributed by atoms with Crippen LogP contribution in [-0.4, -0.2) is 26.9 Å². The second kappa shape index (κ2) is 6.62. The Morgan fingerprint density at radius 3 is 2.85 bits per heavy atom. The van der Waals surface area contributed by atoms with Gasteiger partial charge >= 0.3 is 0 Å². The van der Waals surface area contributed by atoms with Gasteiger partial charge in [0.15, 0.2) is 11.5 Å². The zero-order valence-corrected chi connectivity index (χ0v) is 16.3. The molecule has 0 aliphatic rings. The Morgan fingerprint density at radius 2 is 2.04 bits per heavy atom. The second-order valence-electron chi connectivity index (χ2n) is 6.46. The first-order valence-electron chi connectivity index (χ1n) is 8.57. The lowest BCUT2D eigenvalue weighted by molar-refractivity contribution is -0.116. The molecule has 1 aromatic carbocycles. The highest BCUT2D eigenvalue weighted by molar-refractivity contribution is 7.18. The van der Waals surface area contributed by atoms with Gasteiger partial charge < -0.3 is 15.1 Å². The summed E-state index contributed by atoms with van der Waals surface area (Å²) in [6, 6.07) is 4.92. The topological polar surface area (TPSA) is 92.9 Å². The molecule has 0 fully saturated rings. The third-order valence-corrected chi connectivity index (χ3v) is 5.59. The van der Waals surface area contributed by atoms with Crippen molar-refractivity contribution >= 4 is 50.1 Å². The van der Waals surface area contributed by atoms with Crippen LogP contribution in [0.25, 0.3) is 21.3 Å². The molecule has 3 aromatic heterocycles. The minimum Gasteiger partial charge on any atom is -0.441 e. The molecule has 0 bridgehead atoms. The molecule has 0 aliphatic carbocycles. The van der Waals surface area contributed by atoms with Gasteiger partial charge in [0.1, 0.15) is 28.5 Å². The number of rotatable bonds is 4. The van der Waals surface area contributed by atoms with Gasteiger partial charge in [0.05, 0.1) is 5.39 Å². The number of carbonyl (C=O) groups excluding carboxylic acids is 1. The van der Waals surface area contributed by atoms with E-state index in [0.29, 0.717) is 28.5 Å². The SMILES string of the molecule is Cc1nc2cc(NC(=O)[C@@H](C)Nc3ncnc4sc(C)c(C)c34)ccc2o1. The molecular weight excluding hydrogens is 362 g/mol. The molecule has 0 aliphatic heterocycles. The number of aryl methyl sites for hydroxylation is 3. The minimum absolute atomic E-state index is 0.161. The van der Waals surface area contributed by atoms with E-state index in [1.165, 1.54) is 11.2 Å². The standard InChI is InChI=1S/C19H19N5O2S/c1-9-11(3)27-19-16(9)17(20-8-21-19)22-10(2)18(25)24-13-5-6-15-14(7-13)23-12(4)26-15/h5-8,10H,1-4H3,(H,24,25)(H,20,21,22)/t10-/m1/s1. The number of aromatic nitrogens is 3. The number of hydrogen-bond donors (Lipinski definition) is 2. The van der Waals surface area contributed by atoms with Crippen LogP contribution in [-0.2, 0) is 4.79 Å². The monoisotopic (exact) mass is 381 g/mol. The van der Waals surface area contributed by atoms with E-state index in [4.69, 9.17) is 4.42 Å². The van der Waals surface area contributed by atoms with Crippen LogP contribution in [0.2, 0.25) is 0 Å². The van der Waals surface area contributed by atoms with E-state index in [1.54, 1.807) is 43.4 Å². The number of amides is 1. The van der Waals surface area contributed by atoms with Crippen molar-refractivity contribution in [1.29, 1.82) is 0 Å². The minimum atomic E-state index is -0.475. The molecule has 7 nitrogen and oxygen atoms in total. The highest BCUT2D eigenvalue weighted by atomic mass is 32.1. The summed E-state index contributed by atoms with van der Waals surface area (Å²) < 4.78 is 5.46. The maximum Gasteiger partial charge on any atom is 0.246 e. The summed E-state index contributed by atoms with van der Waals surface area (Å²) >= 11 is 1.63. The molecule has 27 heavy (non-hydrogen) atoms. The van der Waals surface area contributed by atoms with E-state index >= 15 is 0 Å². The Balaban J connectivity index is 1.54. The van der Waals surface area contributed by atoms with E-state index < -0.39 is 6.04 Å². The van der Waals surface area contributed by atoms with Gasteiger partial charge in [0.2, 0.25) is 5.91 Å². The Hall–Kier alpha value is -3.00. The van der Waals surface area contributed by atoms with Gasteiger partial charge in [-0.1, -0.05) is 0 Å². The number of fused-ring (bicyclic) bond motifs is 2. The third-order valence-electron chi connectivity index (χ3n) is 4.47. The first-order valence-corrected chi connectivity index (χ1v) is 9.39. The fourth-order valence-electron chi connectivity index (χ4n) is 2.93. The molecule has 1 amide bonds. The Kier molecular flexibility index (Phi) is 4.27. The van der Waals surface area contributed by atoms with Gasteiger partial charge in [0, 0.05) is 17.5 Å². The molecule has 4 aromatic rings. The molecule has 0 radical (unpaired) electrons. The van der Waals surface area contributed by atoms with Crippen LogP contribution in [0.4, 0.5) is 11.5 Å². The van der Waals surface area contributed by atoms with Gasteiger partial charge in [-0.2, -0.15) is 0 Å². The fourth-order valence-corrected chi connectivity index (χ4v) is 3.93. The van der Waals surface area contributed by atoms with Crippen LogP contribution >= 0.6 is 11.3 Å². The van der Waals surface area contributed by atoms with Crippen LogP contribution in [0.3, 0.4) is 0 Å². The van der Waals surface area contributed by atoms with Gasteiger partial charge in [-0.05, 0) is 44.5 Å². The molecule has 0 unspecified atom stereocenters. The Bertz CT molecular complexity index is 1160. The largest absolute Gasteiger partial charge is 0.441 e. The van der Waals surface area contributed by atoms with Gasteiger partial charge in [-0.15, -0.1) is 11.3 Å². The van der Waals surface area contributed by atoms with E-state index in [-0.39, 0.29) is 5.91 Å².